The van der Waals surface area contributed by atoms with Crippen LogP contribution < -0.4 is 10.1 Å². The van der Waals surface area contributed by atoms with E-state index in [0.29, 0.717) is 40.9 Å². The Morgan fingerprint density at radius 3 is 2.24 bits per heavy atom. The van der Waals surface area contributed by atoms with E-state index >= 15 is 0 Å². The van der Waals surface area contributed by atoms with Gasteiger partial charge >= 0.3 is 10.2 Å². The third kappa shape index (κ3) is 5.70. The van der Waals surface area contributed by atoms with Crippen LogP contribution in [0.15, 0.2) is 60.4 Å². The molecule has 37 heavy (non-hydrogen) atoms. The summed E-state index contributed by atoms with van der Waals surface area (Å²) in [7, 11) is 0.656. The summed E-state index contributed by atoms with van der Waals surface area (Å²) in [6, 6.07) is 13.7. The lowest BCUT2D eigenvalue weighted by Crippen LogP contribution is -2.39. The molecule has 1 N–H and O–H groups in total. The van der Waals surface area contributed by atoms with E-state index in [2.05, 4.69) is 5.32 Å². The van der Waals surface area contributed by atoms with Gasteiger partial charge in [-0.15, -0.1) is 0 Å². The first-order valence-corrected chi connectivity index (χ1v) is 13.6. The maximum atomic E-state index is 13.7. The van der Waals surface area contributed by atoms with Crippen LogP contribution in [0.5, 0.6) is 5.75 Å². The summed E-state index contributed by atoms with van der Waals surface area (Å²) in [6.07, 6.45) is 6.94. The van der Waals surface area contributed by atoms with Crippen LogP contribution in [0.2, 0.25) is 0 Å². The molecule has 3 aromatic rings. The average molecular weight is 525 g/mol. The van der Waals surface area contributed by atoms with Gasteiger partial charge < -0.3 is 15.0 Å². The molecule has 0 spiro atoms. The highest BCUT2D eigenvalue weighted by Crippen LogP contribution is 2.26. The first-order valence-electron chi connectivity index (χ1n) is 12.2. The summed E-state index contributed by atoms with van der Waals surface area (Å²) < 4.78 is 33.5. The predicted molar refractivity (Wildman–Crippen MR) is 143 cm³/mol. The van der Waals surface area contributed by atoms with E-state index in [1.807, 2.05) is 0 Å². The monoisotopic (exact) mass is 524 g/mol. The second-order valence-electron chi connectivity index (χ2n) is 9.13. The Balaban J connectivity index is 1.79. The highest BCUT2D eigenvalue weighted by molar-refractivity contribution is 7.87. The molecule has 10 heteroatoms. The smallest absolute Gasteiger partial charge is 0.307 e. The molecule has 0 radical (unpaired) electrons. The second kappa shape index (κ2) is 11.2. The molecule has 196 valence electrons. The standard InChI is InChI=1S/C27H32N4O5S/c1-29(2)37(34,35)31-19-21(23-10-6-7-11-25(23)31)18-24(27(33)30-16-8-4-5-9-17-30)28-26(32)20-12-14-22(36-3)15-13-20/h6-7,10-15,18-19H,4-5,8-9,16-17H2,1-3H3,(H,28,32)/b24-18-. The van der Waals surface area contributed by atoms with Crippen LogP contribution in [0.1, 0.15) is 41.6 Å². The van der Waals surface area contributed by atoms with Gasteiger partial charge in [0.25, 0.3) is 11.8 Å². The number of para-hydroxylation sites is 1. The third-order valence-corrected chi connectivity index (χ3v) is 8.16. The van der Waals surface area contributed by atoms with Crippen molar-refractivity contribution in [2.75, 3.05) is 34.3 Å². The van der Waals surface area contributed by atoms with Crippen LogP contribution in [0.3, 0.4) is 0 Å². The number of hydrogen-bond acceptors (Lipinski definition) is 5. The number of carbonyl (C=O) groups excluding carboxylic acids is 2. The summed E-state index contributed by atoms with van der Waals surface area (Å²) in [5, 5.41) is 3.44. The van der Waals surface area contributed by atoms with Gasteiger partial charge in [0, 0.05) is 49.9 Å². The van der Waals surface area contributed by atoms with Crippen molar-refractivity contribution >= 4 is 39.0 Å². The Morgan fingerprint density at radius 1 is 0.973 bits per heavy atom. The first-order chi connectivity index (χ1) is 17.7. The predicted octanol–water partition coefficient (Wildman–Crippen LogP) is 3.48. The van der Waals surface area contributed by atoms with Crippen molar-refractivity contribution in [3.8, 4) is 5.75 Å². The number of methoxy groups -OCH3 is 1. The molecule has 1 aliphatic heterocycles. The van der Waals surface area contributed by atoms with Gasteiger partial charge in [0.1, 0.15) is 11.4 Å². The van der Waals surface area contributed by atoms with Gasteiger partial charge in [0.05, 0.1) is 12.6 Å². The third-order valence-electron chi connectivity index (χ3n) is 6.44. The Morgan fingerprint density at radius 2 is 1.62 bits per heavy atom. The number of carbonyl (C=O) groups is 2. The van der Waals surface area contributed by atoms with Crippen LogP contribution >= 0.6 is 0 Å². The van der Waals surface area contributed by atoms with Crippen molar-refractivity contribution in [2.24, 2.45) is 0 Å². The molecular weight excluding hydrogens is 492 g/mol. The van der Waals surface area contributed by atoms with Gasteiger partial charge in [-0.05, 0) is 49.2 Å². The maximum Gasteiger partial charge on any atom is 0.307 e. The Kier molecular flexibility index (Phi) is 7.99. The highest BCUT2D eigenvalue weighted by Gasteiger charge is 2.24. The van der Waals surface area contributed by atoms with E-state index in [4.69, 9.17) is 4.74 Å². The van der Waals surface area contributed by atoms with E-state index in [1.165, 1.54) is 24.3 Å². The van der Waals surface area contributed by atoms with Gasteiger partial charge in [-0.25, -0.2) is 3.97 Å². The van der Waals surface area contributed by atoms with Crippen molar-refractivity contribution in [3.05, 3.63) is 71.6 Å². The molecule has 1 saturated heterocycles. The number of amides is 2. The maximum absolute atomic E-state index is 13.7. The number of benzene rings is 2. The Hall–Kier alpha value is -3.63. The molecule has 4 rings (SSSR count). The molecule has 0 saturated carbocycles. The fourth-order valence-corrected chi connectivity index (χ4v) is 5.35. The molecule has 2 amide bonds. The van der Waals surface area contributed by atoms with Crippen LogP contribution in [0.4, 0.5) is 0 Å². The topological polar surface area (TPSA) is 101 Å². The highest BCUT2D eigenvalue weighted by atomic mass is 32.2. The summed E-state index contributed by atoms with van der Waals surface area (Å²) >= 11 is 0. The van der Waals surface area contributed by atoms with E-state index in [9.17, 15) is 18.0 Å². The van der Waals surface area contributed by atoms with Crippen molar-refractivity contribution in [1.29, 1.82) is 0 Å². The van der Waals surface area contributed by atoms with Crippen molar-refractivity contribution < 1.29 is 22.7 Å². The number of nitrogens with one attached hydrogen (secondary N) is 1. The van der Waals surface area contributed by atoms with Crippen LogP contribution in [-0.4, -0.2) is 67.7 Å². The molecule has 2 heterocycles. The zero-order valence-electron chi connectivity index (χ0n) is 21.3. The second-order valence-corrected chi connectivity index (χ2v) is 11.2. The molecule has 9 nitrogen and oxygen atoms in total. The summed E-state index contributed by atoms with van der Waals surface area (Å²) in [6.45, 7) is 1.21. The lowest BCUT2D eigenvalue weighted by Gasteiger charge is -2.22. The van der Waals surface area contributed by atoms with Gasteiger partial charge in [0.15, 0.2) is 0 Å². The van der Waals surface area contributed by atoms with Gasteiger partial charge in [0.2, 0.25) is 0 Å². The lowest BCUT2D eigenvalue weighted by molar-refractivity contribution is -0.127. The zero-order valence-corrected chi connectivity index (χ0v) is 22.1. The summed E-state index contributed by atoms with van der Waals surface area (Å²) in [5.41, 5.74) is 1.44. The molecule has 1 aromatic heterocycles. The van der Waals surface area contributed by atoms with Crippen LogP contribution in [0, 0.1) is 0 Å². The quantitative estimate of drug-likeness (QED) is 0.477. The molecule has 0 atom stereocenters. The Labute approximate surface area is 217 Å². The number of aromatic nitrogens is 1. The lowest BCUT2D eigenvalue weighted by atomic mass is 10.1. The molecule has 1 aliphatic rings. The van der Waals surface area contributed by atoms with Crippen LogP contribution in [0.25, 0.3) is 17.0 Å². The minimum Gasteiger partial charge on any atom is -0.497 e. The number of ether oxygens (including phenoxy) is 1. The number of nitrogens with zero attached hydrogens (tertiary/aromatic N) is 3. The number of likely N-dealkylation sites (tertiary alicyclic amines) is 1. The number of rotatable bonds is 7. The molecular formula is C27H32N4O5S. The largest absolute Gasteiger partial charge is 0.497 e. The normalized spacial score (nSPS) is 15.0. The number of fused-ring (bicyclic) bond motifs is 1. The van der Waals surface area contributed by atoms with E-state index in [-0.39, 0.29) is 11.6 Å². The molecule has 0 bridgehead atoms. The first kappa shape index (κ1) is 26.4. The molecule has 2 aromatic carbocycles. The fraction of sp³-hybridized carbons (Fsp3) is 0.333. The summed E-state index contributed by atoms with van der Waals surface area (Å²) in [5.74, 6) is -0.124. The van der Waals surface area contributed by atoms with Crippen molar-refractivity contribution in [3.63, 3.8) is 0 Å². The van der Waals surface area contributed by atoms with Crippen molar-refractivity contribution in [2.45, 2.75) is 25.7 Å². The molecule has 1 fully saturated rings. The minimum absolute atomic E-state index is 0.0906. The van der Waals surface area contributed by atoms with E-state index < -0.39 is 16.1 Å². The van der Waals surface area contributed by atoms with Gasteiger partial charge in [-0.1, -0.05) is 31.0 Å². The van der Waals surface area contributed by atoms with E-state index in [1.54, 1.807) is 66.6 Å². The number of hydrogen-bond donors (Lipinski definition) is 1. The molecule has 0 unspecified atom stereocenters. The van der Waals surface area contributed by atoms with E-state index in [0.717, 1.165) is 30.0 Å². The zero-order chi connectivity index (χ0) is 26.6. The van der Waals surface area contributed by atoms with Gasteiger partial charge in [-0.3, -0.25) is 9.59 Å². The average Bonchev–Trinajstić information content (AvgIpc) is 3.06. The van der Waals surface area contributed by atoms with Crippen molar-refractivity contribution in [1.82, 2.24) is 18.5 Å². The fourth-order valence-electron chi connectivity index (χ4n) is 4.34. The van der Waals surface area contributed by atoms with Gasteiger partial charge in [-0.2, -0.15) is 12.7 Å². The SMILES string of the molecule is COc1ccc(C(=O)N/C(=C\c2cn(S(=O)(=O)N(C)C)c3ccccc23)C(=O)N2CCCCCC2)cc1. The molecule has 0 aliphatic carbocycles. The Bertz CT molecular complexity index is 1420. The minimum atomic E-state index is -3.81. The van der Waals surface area contributed by atoms with Crippen LogP contribution in [-0.2, 0) is 15.0 Å². The summed E-state index contributed by atoms with van der Waals surface area (Å²) in [4.78, 5) is 28.6.